The molecule has 0 radical (unpaired) electrons. The number of nitrogens with zero attached hydrogens (tertiary/aromatic N) is 6. The van der Waals surface area contributed by atoms with Crippen molar-refractivity contribution in [2.24, 2.45) is 20.0 Å². The molecule has 0 fully saturated rings. The van der Waals surface area contributed by atoms with E-state index in [1.165, 1.54) is 0 Å². The molecule has 0 N–H and O–H groups in total. The predicted molar refractivity (Wildman–Crippen MR) is 141 cm³/mol. The summed E-state index contributed by atoms with van der Waals surface area (Å²) in [6.07, 6.45) is 23.6. The maximum atomic E-state index is 5.04. The van der Waals surface area contributed by atoms with Crippen molar-refractivity contribution in [2.45, 2.75) is 0 Å². The second kappa shape index (κ2) is 7.72. The summed E-state index contributed by atoms with van der Waals surface area (Å²) in [5.41, 5.74) is 8.66. The Kier molecular flexibility index (Phi) is 4.39. The van der Waals surface area contributed by atoms with E-state index in [2.05, 4.69) is 15.0 Å². The molecule has 0 aliphatic carbocycles. The average molecular weight is 475 g/mol. The van der Waals surface area contributed by atoms with Crippen LogP contribution < -0.4 is 0 Å². The molecule has 0 saturated carbocycles. The highest BCUT2D eigenvalue weighted by atomic mass is 32.1. The monoisotopic (exact) mass is 474 g/mol. The quantitative estimate of drug-likeness (QED) is 0.573. The van der Waals surface area contributed by atoms with E-state index < -0.39 is 0 Å². The number of aliphatic imine (C=N–C) groups is 4. The molecular formula is C26H14N6S2. The van der Waals surface area contributed by atoms with Gasteiger partial charge in [0.05, 0.1) is 45.6 Å². The molecule has 0 amide bonds. The van der Waals surface area contributed by atoms with Crippen molar-refractivity contribution in [3.05, 3.63) is 117 Å². The topological polar surface area (TPSA) is 75.2 Å². The van der Waals surface area contributed by atoms with Crippen LogP contribution in [0.25, 0.3) is 11.1 Å². The molecule has 8 bridgehead atoms. The minimum Gasteiger partial charge on any atom is -0.249 e. The molecule has 0 atom stereocenters. The summed E-state index contributed by atoms with van der Waals surface area (Å²) in [6, 6.07) is 0. The van der Waals surface area contributed by atoms with Gasteiger partial charge in [-0.3, -0.25) is 0 Å². The van der Waals surface area contributed by atoms with Crippen LogP contribution in [0, 0.1) is 0 Å². The summed E-state index contributed by atoms with van der Waals surface area (Å²) in [5.74, 6) is 0. The van der Waals surface area contributed by atoms with Gasteiger partial charge in [-0.25, -0.2) is 29.9 Å². The van der Waals surface area contributed by atoms with Gasteiger partial charge in [-0.05, 0) is 60.8 Å². The molecule has 7 rings (SSSR count). The SMILES string of the molecule is C1=CC2=NC1=CC1=NC(=CC3=NC(=CC4=NC(=C2)C=C4)C(c2nccs2)=C3c2nccs2)C=C1. The van der Waals surface area contributed by atoms with Crippen LogP contribution in [0.4, 0.5) is 0 Å². The smallest absolute Gasteiger partial charge is 0.126 e. The number of allylic oxidation sites excluding steroid dienone is 12. The van der Waals surface area contributed by atoms with Gasteiger partial charge in [0.2, 0.25) is 0 Å². The van der Waals surface area contributed by atoms with Crippen molar-refractivity contribution in [1.82, 2.24) is 9.97 Å². The van der Waals surface area contributed by atoms with Crippen molar-refractivity contribution in [3.63, 3.8) is 0 Å². The van der Waals surface area contributed by atoms with Crippen LogP contribution in [0.3, 0.4) is 0 Å². The Morgan fingerprint density at radius 3 is 1.59 bits per heavy atom. The molecule has 0 spiro atoms. The van der Waals surface area contributed by atoms with Gasteiger partial charge in [0.1, 0.15) is 10.0 Å². The lowest BCUT2D eigenvalue weighted by Gasteiger charge is -2.04. The summed E-state index contributed by atoms with van der Waals surface area (Å²) in [6.45, 7) is 0. The van der Waals surface area contributed by atoms with E-state index in [1.807, 2.05) is 83.9 Å². The lowest BCUT2D eigenvalue weighted by atomic mass is 10.0. The Morgan fingerprint density at radius 1 is 0.500 bits per heavy atom. The summed E-state index contributed by atoms with van der Waals surface area (Å²) < 4.78 is 0. The third-order valence-corrected chi connectivity index (χ3v) is 7.09. The first-order valence-corrected chi connectivity index (χ1v) is 12.3. The fourth-order valence-corrected chi connectivity index (χ4v) is 5.48. The van der Waals surface area contributed by atoms with Crippen LogP contribution in [0.15, 0.2) is 127 Å². The summed E-state index contributed by atoms with van der Waals surface area (Å²) in [7, 11) is 0. The van der Waals surface area contributed by atoms with Crippen LogP contribution in [0.1, 0.15) is 10.0 Å². The Balaban J connectivity index is 1.48. The summed E-state index contributed by atoms with van der Waals surface area (Å²) in [4.78, 5) is 28.5. The van der Waals surface area contributed by atoms with E-state index in [4.69, 9.17) is 15.0 Å². The van der Waals surface area contributed by atoms with Crippen LogP contribution in [-0.4, -0.2) is 32.8 Å². The molecule has 5 aliphatic rings. The fraction of sp³-hybridized carbons (Fsp3) is 0. The minimum atomic E-state index is 0.815. The average Bonchev–Trinajstić information content (AvgIpc) is 3.65. The van der Waals surface area contributed by atoms with Gasteiger partial charge in [0.15, 0.2) is 0 Å². The van der Waals surface area contributed by atoms with E-state index in [1.54, 1.807) is 22.7 Å². The third-order valence-electron chi connectivity index (χ3n) is 5.51. The number of hydrogen-bond donors (Lipinski definition) is 0. The zero-order valence-electron chi connectivity index (χ0n) is 17.6. The maximum Gasteiger partial charge on any atom is 0.126 e. The van der Waals surface area contributed by atoms with Crippen molar-refractivity contribution >= 4 is 56.7 Å². The van der Waals surface area contributed by atoms with Crippen LogP contribution in [0.5, 0.6) is 0 Å². The Hall–Kier alpha value is -4.14. The highest BCUT2D eigenvalue weighted by Crippen LogP contribution is 2.41. The van der Waals surface area contributed by atoms with E-state index in [9.17, 15) is 0 Å². The standard InChI is InChI=1S/C26H14N6S2/c1-2-16-12-18-4-6-20(31-18)14-22-24(26-28-8-10-34-26)23(25-27-7-9-33-25)21(32-22)13-19-5-3-17(30-19)11-15(1)29-16/h1-14H. The third kappa shape index (κ3) is 3.40. The maximum absolute atomic E-state index is 5.04. The number of hydrogen-bond acceptors (Lipinski definition) is 8. The largest absolute Gasteiger partial charge is 0.249 e. The molecule has 2 aromatic heterocycles. The lowest BCUT2D eigenvalue weighted by molar-refractivity contribution is 1.35. The first-order chi connectivity index (χ1) is 16.8. The molecule has 7 heterocycles. The van der Waals surface area contributed by atoms with Gasteiger partial charge in [-0.15, -0.1) is 22.7 Å². The van der Waals surface area contributed by atoms with Crippen molar-refractivity contribution in [3.8, 4) is 0 Å². The van der Waals surface area contributed by atoms with Crippen LogP contribution in [-0.2, 0) is 0 Å². The zero-order chi connectivity index (χ0) is 22.5. The van der Waals surface area contributed by atoms with Crippen molar-refractivity contribution in [1.29, 1.82) is 0 Å². The van der Waals surface area contributed by atoms with Gasteiger partial charge in [-0.1, -0.05) is 0 Å². The molecule has 0 saturated heterocycles. The molecule has 0 unspecified atom stereocenters. The zero-order valence-corrected chi connectivity index (χ0v) is 19.2. The second-order valence-corrected chi connectivity index (χ2v) is 9.56. The Labute approximate surface area is 203 Å². The molecule has 8 heteroatoms. The van der Waals surface area contributed by atoms with E-state index in [0.29, 0.717) is 0 Å². The first-order valence-electron chi connectivity index (χ1n) is 10.6. The minimum absolute atomic E-state index is 0.815. The molecule has 2 aromatic rings. The second-order valence-electron chi connectivity index (χ2n) is 7.77. The van der Waals surface area contributed by atoms with Gasteiger partial charge >= 0.3 is 0 Å². The van der Waals surface area contributed by atoms with E-state index >= 15 is 0 Å². The van der Waals surface area contributed by atoms with Crippen LogP contribution >= 0.6 is 22.7 Å². The van der Waals surface area contributed by atoms with Gasteiger partial charge < -0.3 is 0 Å². The van der Waals surface area contributed by atoms with Crippen molar-refractivity contribution in [2.75, 3.05) is 0 Å². The van der Waals surface area contributed by atoms with Crippen LogP contribution in [0.2, 0.25) is 0 Å². The van der Waals surface area contributed by atoms with E-state index in [0.717, 1.165) is 66.8 Å². The Morgan fingerprint density at radius 2 is 1.03 bits per heavy atom. The molecular weight excluding hydrogens is 460 g/mol. The highest BCUT2D eigenvalue weighted by Gasteiger charge is 2.29. The van der Waals surface area contributed by atoms with Crippen molar-refractivity contribution < 1.29 is 0 Å². The predicted octanol–water partition coefficient (Wildman–Crippen LogP) is 5.55. The summed E-state index contributed by atoms with van der Waals surface area (Å²) >= 11 is 3.18. The molecule has 34 heavy (non-hydrogen) atoms. The normalized spacial score (nSPS) is 20.1. The molecule has 160 valence electrons. The van der Waals surface area contributed by atoms with Gasteiger partial charge in [0.25, 0.3) is 0 Å². The number of fused-ring (bicyclic) bond motifs is 4. The number of aromatic nitrogens is 2. The number of rotatable bonds is 2. The van der Waals surface area contributed by atoms with Gasteiger partial charge in [-0.2, -0.15) is 0 Å². The molecule has 5 aliphatic heterocycles. The fourth-order valence-electron chi connectivity index (χ4n) is 4.08. The lowest BCUT2D eigenvalue weighted by Crippen LogP contribution is -1.98. The van der Waals surface area contributed by atoms with E-state index in [-0.39, 0.29) is 0 Å². The highest BCUT2D eigenvalue weighted by molar-refractivity contribution is 7.12. The van der Waals surface area contributed by atoms with Gasteiger partial charge in [0, 0.05) is 34.3 Å². The Bertz CT molecular complexity index is 1610. The molecule has 0 aromatic carbocycles. The molecule has 6 nitrogen and oxygen atoms in total. The first kappa shape index (κ1) is 19.3. The number of thiazole rings is 2. The summed E-state index contributed by atoms with van der Waals surface area (Å²) in [5, 5.41) is 5.76.